The highest BCUT2D eigenvalue weighted by Crippen LogP contribution is 2.25. The van der Waals surface area contributed by atoms with Crippen molar-refractivity contribution in [2.45, 2.75) is 29.9 Å². The molecule has 80 valence electrons. The number of alkyl halides is 1. The molecular formula is C6H10ClN3O4. The maximum atomic E-state index is 9.45. The highest BCUT2D eigenvalue weighted by Gasteiger charge is 2.42. The van der Waals surface area contributed by atoms with E-state index in [1.54, 1.807) is 0 Å². The Kier molecular flexibility index (Phi) is 3.94. The molecule has 3 N–H and O–H groups in total. The number of ether oxygens (including phenoxy) is 1. The fourth-order valence-corrected chi connectivity index (χ4v) is 1.57. The Morgan fingerprint density at radius 3 is 2.57 bits per heavy atom. The van der Waals surface area contributed by atoms with E-state index in [1.807, 2.05) is 0 Å². The summed E-state index contributed by atoms with van der Waals surface area (Å²) in [6, 6.07) is -1.06. The summed E-state index contributed by atoms with van der Waals surface area (Å²) in [5, 5.41) is 30.8. The van der Waals surface area contributed by atoms with Crippen LogP contribution in [0.15, 0.2) is 5.11 Å². The number of azide groups is 1. The number of nitrogens with zero attached hydrogens (tertiary/aromatic N) is 3. The molecule has 1 aliphatic rings. The molecular weight excluding hydrogens is 214 g/mol. The van der Waals surface area contributed by atoms with Crippen molar-refractivity contribution in [3.8, 4) is 0 Å². The average Bonchev–Trinajstić information content (AvgIpc) is 2.18. The van der Waals surface area contributed by atoms with Crippen LogP contribution in [0, 0.1) is 0 Å². The first kappa shape index (κ1) is 11.5. The second-order valence-corrected chi connectivity index (χ2v) is 3.32. The molecule has 0 radical (unpaired) electrons. The SMILES string of the molecule is [N-]=[N+]=NC1[C@H](Cl)OC(CO)[C@H](O)[C@@H]1O. The zero-order chi connectivity index (χ0) is 10.7. The predicted molar refractivity (Wildman–Crippen MR) is 46.5 cm³/mol. The van der Waals surface area contributed by atoms with E-state index >= 15 is 0 Å². The molecule has 5 atom stereocenters. The lowest BCUT2D eigenvalue weighted by molar-refractivity contribution is -0.167. The van der Waals surface area contributed by atoms with Crippen molar-refractivity contribution in [2.24, 2.45) is 5.11 Å². The van der Waals surface area contributed by atoms with E-state index < -0.39 is 36.5 Å². The normalized spacial score (nSPS) is 43.0. The molecule has 0 aliphatic carbocycles. The second-order valence-electron chi connectivity index (χ2n) is 2.88. The van der Waals surface area contributed by atoms with Crippen LogP contribution in [0.4, 0.5) is 0 Å². The van der Waals surface area contributed by atoms with E-state index in [-0.39, 0.29) is 0 Å². The van der Waals surface area contributed by atoms with Crippen molar-refractivity contribution in [3.63, 3.8) is 0 Å². The zero-order valence-electron chi connectivity index (χ0n) is 7.06. The Bertz CT molecular complexity index is 247. The maximum Gasteiger partial charge on any atom is 0.142 e. The van der Waals surface area contributed by atoms with Gasteiger partial charge in [-0.2, -0.15) is 0 Å². The lowest BCUT2D eigenvalue weighted by Gasteiger charge is -2.37. The predicted octanol–water partition coefficient (Wildman–Crippen LogP) is -0.657. The van der Waals surface area contributed by atoms with E-state index in [2.05, 4.69) is 10.0 Å². The molecule has 1 saturated heterocycles. The minimum absolute atomic E-state index is 0.468. The van der Waals surface area contributed by atoms with E-state index in [0.717, 1.165) is 0 Å². The van der Waals surface area contributed by atoms with Gasteiger partial charge in [0.25, 0.3) is 0 Å². The van der Waals surface area contributed by atoms with Crippen LogP contribution in [0.3, 0.4) is 0 Å². The molecule has 1 fully saturated rings. The molecule has 0 spiro atoms. The third-order valence-electron chi connectivity index (χ3n) is 2.02. The lowest BCUT2D eigenvalue weighted by Crippen LogP contribution is -2.56. The van der Waals surface area contributed by atoms with Gasteiger partial charge in [0, 0.05) is 4.91 Å². The van der Waals surface area contributed by atoms with Gasteiger partial charge in [0.15, 0.2) is 0 Å². The monoisotopic (exact) mass is 223 g/mol. The number of aliphatic hydroxyl groups excluding tert-OH is 3. The molecule has 7 nitrogen and oxygen atoms in total. The van der Waals surface area contributed by atoms with Gasteiger partial charge < -0.3 is 20.1 Å². The molecule has 0 aromatic carbocycles. The molecule has 14 heavy (non-hydrogen) atoms. The van der Waals surface area contributed by atoms with Crippen LogP contribution in [0.25, 0.3) is 10.4 Å². The van der Waals surface area contributed by atoms with Crippen molar-refractivity contribution >= 4 is 11.6 Å². The summed E-state index contributed by atoms with van der Waals surface area (Å²) in [5.74, 6) is 0. The Balaban J connectivity index is 2.78. The maximum absolute atomic E-state index is 9.45. The smallest absolute Gasteiger partial charge is 0.142 e. The summed E-state index contributed by atoms with van der Waals surface area (Å²) in [7, 11) is 0. The largest absolute Gasteiger partial charge is 0.394 e. The van der Waals surface area contributed by atoms with Gasteiger partial charge >= 0.3 is 0 Å². The van der Waals surface area contributed by atoms with Gasteiger partial charge in [-0.3, -0.25) is 0 Å². The molecule has 0 amide bonds. The number of aliphatic hydroxyl groups is 3. The van der Waals surface area contributed by atoms with Gasteiger partial charge in [0.05, 0.1) is 12.7 Å². The Morgan fingerprint density at radius 1 is 1.43 bits per heavy atom. The van der Waals surface area contributed by atoms with Crippen LogP contribution in [-0.2, 0) is 4.74 Å². The van der Waals surface area contributed by atoms with Crippen molar-refractivity contribution in [1.82, 2.24) is 0 Å². The van der Waals surface area contributed by atoms with Crippen LogP contribution in [0.1, 0.15) is 0 Å². The Morgan fingerprint density at radius 2 is 2.07 bits per heavy atom. The highest BCUT2D eigenvalue weighted by molar-refractivity contribution is 6.20. The quantitative estimate of drug-likeness (QED) is 0.249. The number of hydrogen-bond acceptors (Lipinski definition) is 5. The topological polar surface area (TPSA) is 119 Å². The summed E-state index contributed by atoms with van der Waals surface area (Å²) in [5.41, 5.74) is 7.11. The molecule has 8 heteroatoms. The van der Waals surface area contributed by atoms with E-state index in [4.69, 9.17) is 27.0 Å². The zero-order valence-corrected chi connectivity index (χ0v) is 7.82. The van der Waals surface area contributed by atoms with Crippen molar-refractivity contribution in [2.75, 3.05) is 6.61 Å². The summed E-state index contributed by atoms with van der Waals surface area (Å²) >= 11 is 5.63. The minimum Gasteiger partial charge on any atom is -0.394 e. The van der Waals surface area contributed by atoms with Gasteiger partial charge in [-0.05, 0) is 5.53 Å². The van der Waals surface area contributed by atoms with Crippen molar-refractivity contribution < 1.29 is 20.1 Å². The fraction of sp³-hybridized carbons (Fsp3) is 1.00. The molecule has 0 aromatic heterocycles. The van der Waals surface area contributed by atoms with Crippen LogP contribution in [-0.4, -0.2) is 51.8 Å². The van der Waals surface area contributed by atoms with E-state index in [9.17, 15) is 10.2 Å². The summed E-state index contributed by atoms with van der Waals surface area (Å²) in [6.07, 6.45) is -3.61. The van der Waals surface area contributed by atoms with Gasteiger partial charge in [0.2, 0.25) is 0 Å². The first-order chi connectivity index (χ1) is 6.61. The van der Waals surface area contributed by atoms with Gasteiger partial charge in [-0.1, -0.05) is 16.7 Å². The van der Waals surface area contributed by atoms with Crippen LogP contribution in [0.2, 0.25) is 0 Å². The highest BCUT2D eigenvalue weighted by atomic mass is 35.5. The summed E-state index contributed by atoms with van der Waals surface area (Å²) < 4.78 is 4.92. The average molecular weight is 224 g/mol. The van der Waals surface area contributed by atoms with Crippen LogP contribution < -0.4 is 0 Å². The fourth-order valence-electron chi connectivity index (χ4n) is 1.24. The molecule has 1 aliphatic heterocycles. The van der Waals surface area contributed by atoms with Crippen LogP contribution >= 0.6 is 11.6 Å². The van der Waals surface area contributed by atoms with Crippen molar-refractivity contribution in [3.05, 3.63) is 10.4 Å². The van der Waals surface area contributed by atoms with Crippen molar-refractivity contribution in [1.29, 1.82) is 0 Å². The van der Waals surface area contributed by atoms with Crippen LogP contribution in [0.5, 0.6) is 0 Å². The molecule has 0 aromatic rings. The number of halogens is 1. The Labute approximate surface area is 84.5 Å². The standard InChI is InChI=1S/C6H10ClN3O4/c7-6-3(9-10-8)5(13)4(12)2(1-11)14-6/h2-6,11-13H,1H2/t2?,3?,4-,5+,6+/m0/s1. The lowest BCUT2D eigenvalue weighted by atomic mass is 9.99. The van der Waals surface area contributed by atoms with Gasteiger partial charge in [-0.25, -0.2) is 0 Å². The minimum atomic E-state index is -1.33. The van der Waals surface area contributed by atoms with Gasteiger partial charge in [0.1, 0.15) is 23.8 Å². The number of rotatable bonds is 2. The molecule has 2 unspecified atom stereocenters. The number of hydrogen-bond donors (Lipinski definition) is 3. The molecule has 1 heterocycles. The summed E-state index contributed by atoms with van der Waals surface area (Å²) in [4.78, 5) is 2.47. The molecule has 1 rings (SSSR count). The third-order valence-corrected chi connectivity index (χ3v) is 2.38. The molecule has 0 bridgehead atoms. The first-order valence-corrected chi connectivity index (χ1v) is 4.36. The first-order valence-electron chi connectivity index (χ1n) is 3.92. The second kappa shape index (κ2) is 4.79. The van der Waals surface area contributed by atoms with Gasteiger partial charge in [-0.15, -0.1) is 0 Å². The van der Waals surface area contributed by atoms with E-state index in [1.165, 1.54) is 0 Å². The molecule has 0 saturated carbocycles. The third kappa shape index (κ3) is 2.09. The Hall–Kier alpha value is -0.560. The summed E-state index contributed by atoms with van der Waals surface area (Å²) in [6.45, 7) is -0.468. The van der Waals surface area contributed by atoms with E-state index in [0.29, 0.717) is 0 Å².